The van der Waals surface area contributed by atoms with Gasteiger partial charge in [0.15, 0.2) is 0 Å². The first-order valence-corrected chi connectivity index (χ1v) is 5.46. The smallest absolute Gasteiger partial charge is 0.260 e. The van der Waals surface area contributed by atoms with Crippen molar-refractivity contribution in [1.29, 1.82) is 0 Å². The summed E-state index contributed by atoms with van der Waals surface area (Å²) in [5, 5.41) is 0. The quantitative estimate of drug-likeness (QED) is 0.667. The molecule has 0 heterocycles. The Hall–Kier alpha value is -0.610. The molecule has 1 saturated carbocycles. The molecule has 0 aromatic rings. The van der Waals surface area contributed by atoms with Gasteiger partial charge in [-0.25, -0.2) is 5.43 Å². The number of carbonyl (C=O) groups excluding carboxylic acids is 1. The summed E-state index contributed by atoms with van der Waals surface area (Å²) in [6.45, 7) is 2.84. The minimum Gasteiger partial charge on any atom is -0.368 e. The summed E-state index contributed by atoms with van der Waals surface area (Å²) < 4.78 is 5.49. The van der Waals surface area contributed by atoms with E-state index in [0.717, 1.165) is 19.4 Å². The normalized spacial score (nSPS) is 18.1. The number of nitrogens with one attached hydrogen (secondary N) is 2. The zero-order valence-electron chi connectivity index (χ0n) is 8.84. The predicted molar refractivity (Wildman–Crippen MR) is 58.9 cm³/mol. The highest BCUT2D eigenvalue weighted by Crippen LogP contribution is 2.19. The fraction of sp³-hybridized carbons (Fsp3) is 0.900. The molecular weight excluding hydrogens is 180 g/mol. The van der Waals surface area contributed by atoms with Crippen LogP contribution in [0, 0.1) is 0 Å². The molecule has 14 heavy (non-hydrogen) atoms. The zero-order chi connectivity index (χ0) is 10.2. The summed E-state index contributed by atoms with van der Waals surface area (Å²) in [5.74, 6) is -0.0857. The minimum atomic E-state index is -0.0857. The van der Waals surface area contributed by atoms with Crippen LogP contribution in [0.4, 0.5) is 0 Å². The maximum Gasteiger partial charge on any atom is 0.260 e. The highest BCUT2D eigenvalue weighted by molar-refractivity contribution is 5.76. The average molecular weight is 204 g/mol. The van der Waals surface area contributed by atoms with Crippen LogP contribution in [-0.2, 0) is 9.53 Å². The first-order valence-electron chi connectivity index (χ1n) is 5.46. The van der Waals surface area contributed by atoms with Gasteiger partial charge in [0.2, 0.25) is 0 Å². The van der Waals surface area contributed by atoms with Crippen molar-refractivity contribution in [3.63, 3.8) is 0 Å². The molecule has 0 unspecified atom stereocenters. The van der Waals surface area contributed by atoms with Gasteiger partial charge in [-0.15, -0.1) is 0 Å². The molecule has 86 valence electrons. The third kappa shape index (κ3) is 4.58. The van der Waals surface area contributed by atoms with Crippen LogP contribution in [-0.4, -0.2) is 25.2 Å². The molecule has 0 radical (unpaired) electrons. The van der Waals surface area contributed by atoms with Gasteiger partial charge in [-0.2, -0.15) is 0 Å². The van der Waals surface area contributed by atoms with E-state index >= 15 is 0 Å². The summed E-state index contributed by atoms with van der Waals surface area (Å²) in [7, 11) is 0. The van der Waals surface area contributed by atoms with E-state index in [-0.39, 0.29) is 15.4 Å². The highest BCUT2D eigenvalue weighted by atomic mass is 16.5. The van der Waals surface area contributed by atoms with E-state index in [1.54, 1.807) is 0 Å². The highest BCUT2D eigenvalue weighted by Gasteiger charge is 2.14. The average Bonchev–Trinajstić information content (AvgIpc) is 2.25. The summed E-state index contributed by atoms with van der Waals surface area (Å²) in [4.78, 5) is 11.1. The van der Waals surface area contributed by atoms with Gasteiger partial charge < -0.3 is 4.74 Å². The lowest BCUT2D eigenvalue weighted by Gasteiger charge is -2.21. The maximum absolute atomic E-state index is 11.1. The van der Waals surface area contributed by atoms with E-state index < -0.39 is 0 Å². The molecule has 1 aliphatic carbocycles. The topological polar surface area (TPSA) is 50.4 Å². The molecule has 0 spiro atoms. The van der Waals surface area contributed by atoms with Crippen LogP contribution in [0.15, 0.2) is 0 Å². The van der Waals surface area contributed by atoms with Crippen LogP contribution in [0.25, 0.3) is 0 Å². The molecule has 0 bridgehead atoms. The van der Waals surface area contributed by atoms with Crippen molar-refractivity contribution in [2.45, 2.75) is 45.1 Å². The monoisotopic (exact) mass is 204 g/mol. The predicted octanol–water partition coefficient (Wildman–Crippen LogP) is 1.47. The van der Waals surface area contributed by atoms with Crippen LogP contribution < -0.4 is 10.9 Å². The van der Waals surface area contributed by atoms with Crippen molar-refractivity contribution in [3.8, 4) is 0 Å². The Labute approximate surface area is 88.3 Å². The van der Waals surface area contributed by atoms with Crippen LogP contribution in [0.3, 0.4) is 0 Å². The number of amides is 1. The number of hydrogen-bond acceptors (Lipinski definition) is 3. The second-order valence-corrected chi connectivity index (χ2v) is 3.65. The Balaban J connectivity index is 0. The second-order valence-electron chi connectivity index (χ2n) is 3.65. The van der Waals surface area contributed by atoms with E-state index in [4.69, 9.17) is 4.74 Å². The summed E-state index contributed by atoms with van der Waals surface area (Å²) in [5.41, 5.74) is 5.31. The molecule has 0 aromatic heterocycles. The summed E-state index contributed by atoms with van der Waals surface area (Å²) >= 11 is 0. The molecule has 4 heteroatoms. The van der Waals surface area contributed by atoms with Gasteiger partial charge in [-0.05, 0) is 12.8 Å². The summed E-state index contributed by atoms with van der Waals surface area (Å²) in [6.07, 6.45) is 6.29. The van der Waals surface area contributed by atoms with Gasteiger partial charge in [-0.3, -0.25) is 10.2 Å². The Kier molecular flexibility index (Phi) is 5.56. The Morgan fingerprint density at radius 3 is 2.79 bits per heavy atom. The third-order valence-electron chi connectivity index (χ3n) is 2.41. The Morgan fingerprint density at radius 1 is 1.43 bits per heavy atom. The van der Waals surface area contributed by atoms with Crippen LogP contribution in [0.2, 0.25) is 0 Å². The number of hydrazine groups is 1. The van der Waals surface area contributed by atoms with Gasteiger partial charge in [0.1, 0.15) is 6.61 Å². The van der Waals surface area contributed by atoms with Crippen molar-refractivity contribution < 1.29 is 12.4 Å². The lowest BCUT2D eigenvalue weighted by atomic mass is 9.98. The van der Waals surface area contributed by atoms with Gasteiger partial charge in [0.05, 0.1) is 6.10 Å². The van der Waals surface area contributed by atoms with Crippen LogP contribution in [0.5, 0.6) is 0 Å². The molecule has 0 aliphatic heterocycles. The first kappa shape index (κ1) is 11.5. The maximum atomic E-state index is 11.1. The SMILES string of the molecule is CCNNC(=O)COC1CCCCC1.[HH].[HH]. The van der Waals surface area contributed by atoms with E-state index in [1.165, 1.54) is 19.3 Å². The number of carbonyl (C=O) groups is 1. The van der Waals surface area contributed by atoms with Crippen molar-refractivity contribution in [2.24, 2.45) is 0 Å². The molecule has 0 saturated heterocycles. The molecule has 0 atom stereocenters. The number of rotatable bonds is 5. The van der Waals surface area contributed by atoms with E-state index in [1.807, 2.05) is 6.92 Å². The van der Waals surface area contributed by atoms with E-state index in [9.17, 15) is 4.79 Å². The molecule has 0 aromatic carbocycles. The molecule has 4 nitrogen and oxygen atoms in total. The van der Waals surface area contributed by atoms with Gasteiger partial charge >= 0.3 is 0 Å². The largest absolute Gasteiger partial charge is 0.368 e. The van der Waals surface area contributed by atoms with Gasteiger partial charge in [0.25, 0.3) is 5.91 Å². The van der Waals surface area contributed by atoms with Crippen molar-refractivity contribution in [1.82, 2.24) is 10.9 Å². The number of hydrogen-bond donors (Lipinski definition) is 2. The standard InChI is InChI=1S/C10H20N2O2.2H2/c1-2-11-12-10(13)8-14-9-6-4-3-5-7-9;;/h9,11H,2-8H2,1H3,(H,12,13);2*1H. The Bertz CT molecular complexity index is 176. The van der Waals surface area contributed by atoms with Crippen molar-refractivity contribution in [2.75, 3.05) is 13.2 Å². The molecule has 2 N–H and O–H groups in total. The van der Waals surface area contributed by atoms with Crippen molar-refractivity contribution >= 4 is 5.91 Å². The summed E-state index contributed by atoms with van der Waals surface area (Å²) in [6, 6.07) is 0. The lowest BCUT2D eigenvalue weighted by molar-refractivity contribution is -0.129. The molecule has 1 fully saturated rings. The fourth-order valence-corrected chi connectivity index (χ4v) is 1.65. The van der Waals surface area contributed by atoms with E-state index in [2.05, 4.69) is 10.9 Å². The first-order chi connectivity index (χ1) is 6.83. The van der Waals surface area contributed by atoms with Crippen LogP contribution in [0.1, 0.15) is 41.9 Å². The molecular formula is C10H24N2O2. The molecule has 1 aliphatic rings. The zero-order valence-corrected chi connectivity index (χ0v) is 8.84. The second kappa shape index (κ2) is 6.79. The fourth-order valence-electron chi connectivity index (χ4n) is 1.65. The van der Waals surface area contributed by atoms with Gasteiger partial charge in [0, 0.05) is 9.40 Å². The molecule has 1 rings (SSSR count). The lowest BCUT2D eigenvalue weighted by Crippen LogP contribution is -2.40. The number of ether oxygens (including phenoxy) is 1. The Morgan fingerprint density at radius 2 is 2.14 bits per heavy atom. The van der Waals surface area contributed by atoms with Crippen molar-refractivity contribution in [3.05, 3.63) is 0 Å². The van der Waals surface area contributed by atoms with E-state index in [0.29, 0.717) is 6.10 Å². The third-order valence-corrected chi connectivity index (χ3v) is 2.41. The molecule has 1 amide bonds. The van der Waals surface area contributed by atoms with Crippen LogP contribution >= 0.6 is 0 Å². The minimum absolute atomic E-state index is 0. The van der Waals surface area contributed by atoms with Gasteiger partial charge in [-0.1, -0.05) is 26.2 Å².